The highest BCUT2D eigenvalue weighted by Gasteiger charge is 2.55. The zero-order valence-electron chi connectivity index (χ0n) is 16.2. The number of carbonyl (C=O) groups is 1. The van der Waals surface area contributed by atoms with E-state index in [1.54, 1.807) is 30.3 Å². The van der Waals surface area contributed by atoms with Gasteiger partial charge in [-0.05, 0) is 59.9 Å². The van der Waals surface area contributed by atoms with E-state index in [1.165, 1.54) is 54.6 Å². The molecule has 7 heteroatoms. The van der Waals surface area contributed by atoms with E-state index >= 15 is 0 Å². The summed E-state index contributed by atoms with van der Waals surface area (Å²) in [5, 5.41) is 10.7. The average molecular weight is 421 g/mol. The quantitative estimate of drug-likeness (QED) is 0.177. The van der Waals surface area contributed by atoms with Crippen molar-refractivity contribution in [2.75, 3.05) is 0 Å². The molecule has 1 aliphatic rings. The lowest BCUT2D eigenvalue weighted by Crippen LogP contribution is -2.13. The summed E-state index contributed by atoms with van der Waals surface area (Å²) in [7, 11) is 0. The van der Waals surface area contributed by atoms with Gasteiger partial charge < -0.3 is 4.74 Å². The van der Waals surface area contributed by atoms with Gasteiger partial charge in [-0.1, -0.05) is 30.3 Å². The van der Waals surface area contributed by atoms with Crippen LogP contribution in [0.15, 0.2) is 84.9 Å². The number of nitrogens with zero attached hydrogens (tertiary/aromatic N) is 1. The number of non-ortho nitro benzene ring substituents is 1. The first-order valence-electron chi connectivity index (χ1n) is 9.55. The van der Waals surface area contributed by atoms with Gasteiger partial charge >= 0.3 is 5.97 Å². The second-order valence-electron chi connectivity index (χ2n) is 7.33. The van der Waals surface area contributed by atoms with Gasteiger partial charge in [-0.25, -0.2) is 13.6 Å². The van der Waals surface area contributed by atoms with E-state index < -0.39 is 16.3 Å². The zero-order valence-corrected chi connectivity index (χ0v) is 16.2. The van der Waals surface area contributed by atoms with Crippen LogP contribution >= 0.6 is 0 Å². The molecule has 0 heterocycles. The summed E-state index contributed by atoms with van der Waals surface area (Å²) >= 11 is 0. The molecular formula is C24H17F2NO4. The number of allylic oxidation sites excluding steroid dienone is 1. The third-order valence-electron chi connectivity index (χ3n) is 5.42. The first-order valence-corrected chi connectivity index (χ1v) is 9.55. The molecule has 1 atom stereocenters. The summed E-state index contributed by atoms with van der Waals surface area (Å²) in [6.07, 6.45) is 3.52. The number of ether oxygens (including phenoxy) is 1. The van der Waals surface area contributed by atoms with Gasteiger partial charge in [0.05, 0.1) is 4.92 Å². The summed E-state index contributed by atoms with van der Waals surface area (Å²) in [4.78, 5) is 22.3. The van der Waals surface area contributed by atoms with Crippen LogP contribution in [0, 0.1) is 27.7 Å². The Kier molecular flexibility index (Phi) is 5.33. The highest BCUT2D eigenvalue weighted by Crippen LogP contribution is 2.59. The van der Waals surface area contributed by atoms with Gasteiger partial charge in [0, 0.05) is 23.6 Å². The van der Waals surface area contributed by atoms with Crippen LogP contribution in [-0.4, -0.2) is 10.9 Å². The zero-order chi connectivity index (χ0) is 22.0. The van der Waals surface area contributed by atoms with Gasteiger partial charge in [0.25, 0.3) is 5.69 Å². The maximum absolute atomic E-state index is 13.9. The Hall–Kier alpha value is -3.87. The molecule has 0 bridgehead atoms. The molecule has 0 saturated heterocycles. The molecule has 156 valence electrons. The molecule has 0 N–H and O–H groups in total. The molecule has 0 aromatic heterocycles. The summed E-state index contributed by atoms with van der Waals surface area (Å²) in [5.74, 6) is -1.40. The normalized spacial score (nSPS) is 16.8. The first kappa shape index (κ1) is 20.4. The number of carbonyl (C=O) groups excluding carboxylic acids is 1. The first-order chi connectivity index (χ1) is 14.9. The van der Waals surface area contributed by atoms with Crippen molar-refractivity contribution in [2.24, 2.45) is 5.92 Å². The number of rotatable bonds is 6. The van der Waals surface area contributed by atoms with Crippen LogP contribution in [0.1, 0.15) is 17.5 Å². The van der Waals surface area contributed by atoms with E-state index in [0.29, 0.717) is 17.5 Å². The van der Waals surface area contributed by atoms with Gasteiger partial charge in [0.2, 0.25) is 0 Å². The van der Waals surface area contributed by atoms with Crippen molar-refractivity contribution in [3.05, 3.63) is 118 Å². The highest BCUT2D eigenvalue weighted by molar-refractivity contribution is 5.84. The largest absolute Gasteiger partial charge is 0.423 e. The van der Waals surface area contributed by atoms with Crippen LogP contribution in [0.3, 0.4) is 0 Å². The molecule has 0 aliphatic heterocycles. The Morgan fingerprint density at radius 3 is 2.10 bits per heavy atom. The molecule has 0 radical (unpaired) electrons. The molecule has 3 aromatic carbocycles. The van der Waals surface area contributed by atoms with Crippen molar-refractivity contribution in [1.29, 1.82) is 0 Å². The van der Waals surface area contributed by atoms with Crippen LogP contribution in [-0.2, 0) is 10.2 Å². The molecule has 1 aliphatic carbocycles. The number of nitro groups is 1. The van der Waals surface area contributed by atoms with Crippen molar-refractivity contribution in [3.63, 3.8) is 0 Å². The number of esters is 1. The van der Waals surface area contributed by atoms with Crippen molar-refractivity contribution in [3.8, 4) is 5.75 Å². The predicted octanol–water partition coefficient (Wildman–Crippen LogP) is 5.34. The van der Waals surface area contributed by atoms with Gasteiger partial charge in [-0.3, -0.25) is 10.1 Å². The van der Waals surface area contributed by atoms with E-state index in [9.17, 15) is 23.7 Å². The monoisotopic (exact) mass is 421 g/mol. The Labute approximate surface area is 176 Å². The van der Waals surface area contributed by atoms with E-state index in [4.69, 9.17) is 4.74 Å². The number of nitro benzene ring substituents is 1. The smallest absolute Gasteiger partial charge is 0.335 e. The van der Waals surface area contributed by atoms with Crippen molar-refractivity contribution in [1.82, 2.24) is 0 Å². The lowest BCUT2D eigenvalue weighted by molar-refractivity contribution is -0.384. The lowest BCUT2D eigenvalue weighted by atomic mass is 9.85. The molecule has 0 spiro atoms. The van der Waals surface area contributed by atoms with Crippen LogP contribution in [0.25, 0.3) is 0 Å². The van der Waals surface area contributed by atoms with Crippen LogP contribution < -0.4 is 4.74 Å². The third kappa shape index (κ3) is 4.21. The van der Waals surface area contributed by atoms with Gasteiger partial charge in [0.15, 0.2) is 0 Å². The van der Waals surface area contributed by atoms with Crippen molar-refractivity contribution >= 4 is 11.7 Å². The molecule has 0 unspecified atom stereocenters. The minimum Gasteiger partial charge on any atom is -0.423 e. The molecule has 31 heavy (non-hydrogen) atoms. The summed E-state index contributed by atoms with van der Waals surface area (Å²) in [6, 6.07) is 17.5. The minimum atomic E-state index is -0.645. The van der Waals surface area contributed by atoms with Crippen LogP contribution in [0.5, 0.6) is 5.75 Å². The van der Waals surface area contributed by atoms with E-state index in [1.807, 2.05) is 0 Å². The predicted molar refractivity (Wildman–Crippen MR) is 110 cm³/mol. The SMILES string of the molecule is O=C(/C=C/[C@@H]1CC1(c1cccc(F)c1)c1cccc(F)c1)Oc1ccc([N+](=O)[O-])cc1. The maximum Gasteiger partial charge on any atom is 0.335 e. The van der Waals surface area contributed by atoms with Crippen molar-refractivity contribution in [2.45, 2.75) is 11.8 Å². The summed E-state index contributed by atoms with van der Waals surface area (Å²) in [5.41, 5.74) is 0.671. The molecular weight excluding hydrogens is 404 g/mol. The number of hydrogen-bond donors (Lipinski definition) is 0. The van der Waals surface area contributed by atoms with Crippen LogP contribution in [0.2, 0.25) is 0 Å². The Bertz CT molecular complexity index is 1130. The summed E-state index contributed by atoms with van der Waals surface area (Å²) < 4.78 is 32.9. The molecule has 1 saturated carbocycles. The molecule has 3 aromatic rings. The minimum absolute atomic E-state index is 0.108. The number of halogens is 2. The number of hydrogen-bond acceptors (Lipinski definition) is 4. The maximum atomic E-state index is 13.9. The Morgan fingerprint density at radius 1 is 1.00 bits per heavy atom. The summed E-state index contributed by atoms with van der Waals surface area (Å²) in [6.45, 7) is 0. The van der Waals surface area contributed by atoms with Crippen LogP contribution in [0.4, 0.5) is 14.5 Å². The average Bonchev–Trinajstić information content (AvgIpc) is 3.48. The Balaban J connectivity index is 1.54. The molecule has 5 nitrogen and oxygen atoms in total. The van der Waals surface area contributed by atoms with Gasteiger partial charge in [0.1, 0.15) is 17.4 Å². The molecule has 0 amide bonds. The Morgan fingerprint density at radius 2 is 1.58 bits per heavy atom. The van der Waals surface area contributed by atoms with Gasteiger partial charge in [-0.2, -0.15) is 0 Å². The van der Waals surface area contributed by atoms with E-state index in [0.717, 1.165) is 0 Å². The fraction of sp³-hybridized carbons (Fsp3) is 0.125. The fourth-order valence-electron chi connectivity index (χ4n) is 3.86. The fourth-order valence-corrected chi connectivity index (χ4v) is 3.86. The van der Waals surface area contributed by atoms with E-state index in [2.05, 4.69) is 0 Å². The third-order valence-corrected chi connectivity index (χ3v) is 5.42. The lowest BCUT2D eigenvalue weighted by Gasteiger charge is -2.18. The topological polar surface area (TPSA) is 69.4 Å². The number of benzene rings is 3. The standard InChI is InChI=1S/C24H17F2NO4/c25-19-5-1-3-16(13-19)24(17-4-2-6-20(26)14-17)15-18(24)7-12-23(28)31-22-10-8-21(9-11-22)27(29)30/h1-14,18H,15H2/b12-7+/t18-/m1/s1. The van der Waals surface area contributed by atoms with Gasteiger partial charge in [-0.15, -0.1) is 0 Å². The second-order valence-corrected chi connectivity index (χ2v) is 7.33. The van der Waals surface area contributed by atoms with E-state index in [-0.39, 0.29) is 29.0 Å². The highest BCUT2D eigenvalue weighted by atomic mass is 19.1. The van der Waals surface area contributed by atoms with Crippen molar-refractivity contribution < 1.29 is 23.2 Å². The molecule has 1 fully saturated rings. The second kappa shape index (κ2) is 8.10. The molecule has 4 rings (SSSR count).